The van der Waals surface area contributed by atoms with Crippen molar-refractivity contribution >= 4 is 23.3 Å². The van der Waals surface area contributed by atoms with E-state index in [0.717, 1.165) is 11.1 Å². The molecule has 0 aliphatic heterocycles. The first kappa shape index (κ1) is 16.0. The van der Waals surface area contributed by atoms with Gasteiger partial charge in [-0.25, -0.2) is 4.79 Å². The third-order valence-corrected chi connectivity index (χ3v) is 3.80. The van der Waals surface area contributed by atoms with Gasteiger partial charge in [-0.2, -0.15) is 0 Å². The van der Waals surface area contributed by atoms with Crippen molar-refractivity contribution in [3.05, 3.63) is 95.3 Å². The molecule has 2 N–H and O–H groups in total. The number of nitrogens with one attached hydrogen (secondary N) is 2. The molecule has 2 amide bonds. The van der Waals surface area contributed by atoms with Gasteiger partial charge in [-0.15, -0.1) is 0 Å². The average molecular weight is 338 g/mol. The summed E-state index contributed by atoms with van der Waals surface area (Å²) < 4.78 is 0. The van der Waals surface area contributed by atoms with E-state index >= 15 is 0 Å². The van der Waals surface area contributed by atoms with Crippen LogP contribution < -0.4 is 10.6 Å². The first-order chi connectivity index (χ1) is 11.7. The molecule has 1 heterocycles. The van der Waals surface area contributed by atoms with Gasteiger partial charge in [-0.05, 0) is 47.5 Å². The van der Waals surface area contributed by atoms with E-state index in [4.69, 9.17) is 11.6 Å². The number of halogens is 1. The van der Waals surface area contributed by atoms with E-state index in [1.54, 1.807) is 36.7 Å². The molecule has 0 saturated heterocycles. The molecule has 4 nitrogen and oxygen atoms in total. The number of aromatic nitrogens is 1. The molecule has 1 unspecified atom stereocenters. The number of anilines is 1. The lowest BCUT2D eigenvalue weighted by molar-refractivity contribution is 0.250. The molecule has 3 aromatic rings. The standard InChI is InChI=1S/C19H16ClN3O/c20-16-6-8-17(9-7-16)22-19(24)23-18(14-4-2-1-3-5-14)15-10-12-21-13-11-15/h1-13,18H,(H2,22,23,24). The molecule has 24 heavy (non-hydrogen) atoms. The summed E-state index contributed by atoms with van der Waals surface area (Å²) >= 11 is 5.86. The Kier molecular flexibility index (Phi) is 5.08. The Morgan fingerprint density at radius 2 is 1.50 bits per heavy atom. The van der Waals surface area contributed by atoms with E-state index in [1.807, 2.05) is 42.5 Å². The van der Waals surface area contributed by atoms with E-state index in [0.29, 0.717) is 10.7 Å². The average Bonchev–Trinajstić information content (AvgIpc) is 2.63. The highest BCUT2D eigenvalue weighted by molar-refractivity contribution is 6.30. The third-order valence-electron chi connectivity index (χ3n) is 3.55. The van der Waals surface area contributed by atoms with Gasteiger partial charge in [0, 0.05) is 23.1 Å². The number of benzene rings is 2. The van der Waals surface area contributed by atoms with Crippen LogP contribution in [0, 0.1) is 0 Å². The molecule has 0 aliphatic rings. The van der Waals surface area contributed by atoms with Crippen molar-refractivity contribution in [2.75, 3.05) is 5.32 Å². The van der Waals surface area contributed by atoms with E-state index < -0.39 is 0 Å². The zero-order valence-electron chi connectivity index (χ0n) is 12.8. The van der Waals surface area contributed by atoms with Gasteiger partial charge in [0.05, 0.1) is 6.04 Å². The summed E-state index contributed by atoms with van der Waals surface area (Å²) in [6.45, 7) is 0. The van der Waals surface area contributed by atoms with Crippen LogP contribution in [0.2, 0.25) is 5.02 Å². The number of nitrogens with zero attached hydrogens (tertiary/aromatic N) is 1. The van der Waals surface area contributed by atoms with Crippen LogP contribution >= 0.6 is 11.6 Å². The summed E-state index contributed by atoms with van der Waals surface area (Å²) in [5.74, 6) is 0. The lowest BCUT2D eigenvalue weighted by Crippen LogP contribution is -2.33. The Labute approximate surface area is 145 Å². The maximum atomic E-state index is 12.4. The second-order valence-electron chi connectivity index (χ2n) is 5.23. The predicted molar refractivity (Wildman–Crippen MR) is 96.1 cm³/mol. The van der Waals surface area contributed by atoms with Crippen molar-refractivity contribution in [2.24, 2.45) is 0 Å². The molecule has 1 atom stereocenters. The minimum atomic E-state index is -0.289. The first-order valence-corrected chi connectivity index (χ1v) is 7.88. The molecule has 0 fully saturated rings. The quantitative estimate of drug-likeness (QED) is 0.728. The highest BCUT2D eigenvalue weighted by atomic mass is 35.5. The maximum Gasteiger partial charge on any atom is 0.319 e. The van der Waals surface area contributed by atoms with Crippen LogP contribution in [0.15, 0.2) is 79.1 Å². The first-order valence-electron chi connectivity index (χ1n) is 7.50. The molecule has 0 bridgehead atoms. The normalized spacial score (nSPS) is 11.5. The van der Waals surface area contributed by atoms with Crippen molar-refractivity contribution in [3.63, 3.8) is 0 Å². The Bertz CT molecular complexity index is 752. The minimum Gasteiger partial charge on any atom is -0.327 e. The number of amides is 2. The minimum absolute atomic E-state index is 0.262. The number of urea groups is 1. The summed E-state index contributed by atoms with van der Waals surface area (Å²) in [6.07, 6.45) is 3.42. The smallest absolute Gasteiger partial charge is 0.319 e. The molecule has 0 aliphatic carbocycles. The van der Waals surface area contributed by atoms with E-state index in [1.165, 1.54) is 0 Å². The van der Waals surface area contributed by atoms with E-state index in [2.05, 4.69) is 15.6 Å². The van der Waals surface area contributed by atoms with E-state index in [-0.39, 0.29) is 12.1 Å². The lowest BCUT2D eigenvalue weighted by Gasteiger charge is -2.20. The molecule has 0 spiro atoms. The molecule has 1 aromatic heterocycles. The number of rotatable bonds is 4. The number of carbonyl (C=O) groups is 1. The fourth-order valence-electron chi connectivity index (χ4n) is 2.39. The van der Waals surface area contributed by atoms with Crippen molar-refractivity contribution < 1.29 is 4.79 Å². The zero-order chi connectivity index (χ0) is 16.8. The Hall–Kier alpha value is -2.85. The Morgan fingerprint density at radius 3 is 2.17 bits per heavy atom. The van der Waals surface area contributed by atoms with Crippen molar-refractivity contribution in [3.8, 4) is 0 Å². The third kappa shape index (κ3) is 4.12. The molecular weight excluding hydrogens is 322 g/mol. The van der Waals surface area contributed by atoms with Gasteiger partial charge < -0.3 is 10.6 Å². The summed E-state index contributed by atoms with van der Waals surface area (Å²) in [5.41, 5.74) is 2.64. The van der Waals surface area contributed by atoms with Crippen LogP contribution in [-0.4, -0.2) is 11.0 Å². The van der Waals surface area contributed by atoms with E-state index in [9.17, 15) is 4.79 Å². The summed E-state index contributed by atoms with van der Waals surface area (Å²) in [4.78, 5) is 16.4. The van der Waals surface area contributed by atoms with Gasteiger partial charge in [0.25, 0.3) is 0 Å². The molecule has 0 radical (unpaired) electrons. The monoisotopic (exact) mass is 337 g/mol. The highest BCUT2D eigenvalue weighted by Crippen LogP contribution is 2.21. The maximum absolute atomic E-state index is 12.4. The van der Waals surface area contributed by atoms with Gasteiger partial charge in [-0.3, -0.25) is 4.98 Å². The molecule has 5 heteroatoms. The zero-order valence-corrected chi connectivity index (χ0v) is 13.6. The van der Waals surface area contributed by atoms with Gasteiger partial charge in [0.2, 0.25) is 0 Å². The van der Waals surface area contributed by atoms with Crippen LogP contribution in [0.4, 0.5) is 10.5 Å². The van der Waals surface area contributed by atoms with Gasteiger partial charge in [0.1, 0.15) is 0 Å². The van der Waals surface area contributed by atoms with Crippen LogP contribution in [-0.2, 0) is 0 Å². The molecular formula is C19H16ClN3O. The van der Waals surface area contributed by atoms with Gasteiger partial charge in [0.15, 0.2) is 0 Å². The second-order valence-corrected chi connectivity index (χ2v) is 5.67. The SMILES string of the molecule is O=C(Nc1ccc(Cl)cc1)NC(c1ccccc1)c1ccncc1. The van der Waals surface area contributed by atoms with Crippen LogP contribution in [0.1, 0.15) is 17.2 Å². The number of hydrogen-bond donors (Lipinski definition) is 2. The molecule has 2 aromatic carbocycles. The van der Waals surface area contributed by atoms with Crippen LogP contribution in [0.3, 0.4) is 0 Å². The fourth-order valence-corrected chi connectivity index (χ4v) is 2.52. The molecule has 120 valence electrons. The van der Waals surface area contributed by atoms with Crippen molar-refractivity contribution in [1.82, 2.24) is 10.3 Å². The van der Waals surface area contributed by atoms with Crippen molar-refractivity contribution in [2.45, 2.75) is 6.04 Å². The Balaban J connectivity index is 1.79. The molecule has 0 saturated carbocycles. The number of carbonyl (C=O) groups excluding carboxylic acids is 1. The predicted octanol–water partition coefficient (Wildman–Crippen LogP) is 4.65. The topological polar surface area (TPSA) is 54.0 Å². The van der Waals surface area contributed by atoms with Crippen molar-refractivity contribution in [1.29, 1.82) is 0 Å². The summed E-state index contributed by atoms with van der Waals surface area (Å²) in [7, 11) is 0. The molecule has 3 rings (SSSR count). The second kappa shape index (κ2) is 7.62. The highest BCUT2D eigenvalue weighted by Gasteiger charge is 2.16. The fraction of sp³-hybridized carbons (Fsp3) is 0.0526. The number of pyridine rings is 1. The summed E-state index contributed by atoms with van der Waals surface area (Å²) in [6, 6.07) is 20.0. The van der Waals surface area contributed by atoms with Crippen LogP contribution in [0.25, 0.3) is 0 Å². The lowest BCUT2D eigenvalue weighted by atomic mass is 10.00. The largest absolute Gasteiger partial charge is 0.327 e. The van der Waals surface area contributed by atoms with Crippen LogP contribution in [0.5, 0.6) is 0 Å². The summed E-state index contributed by atoms with van der Waals surface area (Å²) in [5, 5.41) is 6.44. The van der Waals surface area contributed by atoms with Gasteiger partial charge >= 0.3 is 6.03 Å². The number of hydrogen-bond acceptors (Lipinski definition) is 2. The Morgan fingerprint density at radius 1 is 0.875 bits per heavy atom. The van der Waals surface area contributed by atoms with Gasteiger partial charge in [-0.1, -0.05) is 41.9 Å².